The molecule has 3 rings (SSSR count). The third-order valence-electron chi connectivity index (χ3n) is 4.86. The van der Waals surface area contributed by atoms with E-state index in [1.807, 2.05) is 4.90 Å². The summed E-state index contributed by atoms with van der Waals surface area (Å²) in [6.07, 6.45) is 2.17. The molecule has 2 aliphatic rings. The molecule has 4 heteroatoms. The van der Waals surface area contributed by atoms with Gasteiger partial charge in [-0.3, -0.25) is 4.90 Å². The van der Waals surface area contributed by atoms with E-state index in [0.717, 1.165) is 45.6 Å². The first-order valence-electron chi connectivity index (χ1n) is 8.50. The number of hydrogen-bond donors (Lipinski definition) is 1. The van der Waals surface area contributed by atoms with E-state index >= 15 is 0 Å². The van der Waals surface area contributed by atoms with Gasteiger partial charge in [0.15, 0.2) is 0 Å². The van der Waals surface area contributed by atoms with Crippen LogP contribution in [0.3, 0.4) is 0 Å². The van der Waals surface area contributed by atoms with Crippen molar-refractivity contribution in [2.45, 2.75) is 32.7 Å². The Balaban J connectivity index is 1.63. The van der Waals surface area contributed by atoms with Gasteiger partial charge in [0.2, 0.25) is 0 Å². The fourth-order valence-corrected chi connectivity index (χ4v) is 3.50. The highest BCUT2D eigenvalue weighted by Gasteiger charge is 2.33. The van der Waals surface area contributed by atoms with Crippen LogP contribution >= 0.6 is 0 Å². The molecular weight excluding hydrogens is 274 g/mol. The minimum Gasteiger partial charge on any atom is -0.338 e. The first-order valence-corrected chi connectivity index (χ1v) is 8.50. The van der Waals surface area contributed by atoms with Crippen molar-refractivity contribution in [2.24, 2.45) is 5.92 Å². The van der Waals surface area contributed by atoms with Crippen LogP contribution in [0.25, 0.3) is 0 Å². The van der Waals surface area contributed by atoms with E-state index in [9.17, 15) is 4.79 Å². The Morgan fingerprint density at radius 2 is 2.09 bits per heavy atom. The zero-order chi connectivity index (χ0) is 15.5. The number of piperazine rings is 1. The molecule has 1 aromatic carbocycles. The van der Waals surface area contributed by atoms with Crippen molar-refractivity contribution in [3.63, 3.8) is 0 Å². The van der Waals surface area contributed by atoms with E-state index in [4.69, 9.17) is 0 Å². The van der Waals surface area contributed by atoms with E-state index < -0.39 is 0 Å². The molecule has 1 saturated heterocycles. The average Bonchev–Trinajstić information content (AvgIpc) is 2.53. The maximum absolute atomic E-state index is 12.4. The lowest BCUT2D eigenvalue weighted by atomic mass is 9.91. The second-order valence-electron chi connectivity index (χ2n) is 6.86. The number of urea groups is 1. The quantitative estimate of drug-likeness (QED) is 0.931. The number of carbonyl (C=O) groups excluding carboxylic acids is 1. The number of hydrogen-bond acceptors (Lipinski definition) is 2. The van der Waals surface area contributed by atoms with Crippen LogP contribution in [0.2, 0.25) is 0 Å². The fraction of sp³-hybridized carbons (Fsp3) is 0.611. The summed E-state index contributed by atoms with van der Waals surface area (Å²) in [6, 6.07) is 9.16. The maximum atomic E-state index is 12.4. The molecule has 120 valence electrons. The van der Waals surface area contributed by atoms with Gasteiger partial charge in [-0.05, 0) is 29.9 Å². The van der Waals surface area contributed by atoms with Crippen LogP contribution in [0.1, 0.15) is 37.4 Å². The molecule has 0 spiro atoms. The van der Waals surface area contributed by atoms with Crippen molar-refractivity contribution >= 4 is 6.03 Å². The number of benzene rings is 1. The van der Waals surface area contributed by atoms with Crippen LogP contribution in [-0.2, 0) is 6.42 Å². The summed E-state index contributed by atoms with van der Waals surface area (Å²) in [7, 11) is 0. The van der Waals surface area contributed by atoms with Gasteiger partial charge in [0, 0.05) is 32.7 Å². The summed E-state index contributed by atoms with van der Waals surface area (Å²) in [6.45, 7) is 8.89. The highest BCUT2D eigenvalue weighted by molar-refractivity contribution is 5.74. The average molecular weight is 301 g/mol. The van der Waals surface area contributed by atoms with Gasteiger partial charge < -0.3 is 10.2 Å². The van der Waals surface area contributed by atoms with Gasteiger partial charge in [0.25, 0.3) is 0 Å². The smallest absolute Gasteiger partial charge is 0.317 e. The van der Waals surface area contributed by atoms with Gasteiger partial charge in [-0.25, -0.2) is 4.79 Å². The van der Waals surface area contributed by atoms with Crippen LogP contribution in [0.5, 0.6) is 0 Å². The third kappa shape index (κ3) is 3.27. The molecule has 1 unspecified atom stereocenters. The molecule has 0 aliphatic carbocycles. The largest absolute Gasteiger partial charge is 0.338 e. The van der Waals surface area contributed by atoms with Crippen LogP contribution in [0.4, 0.5) is 4.79 Å². The molecule has 2 aliphatic heterocycles. The summed E-state index contributed by atoms with van der Waals surface area (Å²) >= 11 is 0. The van der Waals surface area contributed by atoms with Crippen molar-refractivity contribution in [3.05, 3.63) is 35.4 Å². The van der Waals surface area contributed by atoms with E-state index in [0.29, 0.717) is 12.0 Å². The molecule has 0 aromatic heterocycles. The van der Waals surface area contributed by atoms with Gasteiger partial charge >= 0.3 is 6.03 Å². The molecule has 2 amide bonds. The zero-order valence-electron chi connectivity index (χ0n) is 13.7. The number of rotatable bonds is 3. The van der Waals surface area contributed by atoms with Crippen molar-refractivity contribution in [1.82, 2.24) is 15.1 Å². The topological polar surface area (TPSA) is 35.6 Å². The standard InChI is InChI=1S/C18H27N3O/c1-14(2)7-9-19-18(22)21-12-11-20-10-8-15-5-3-4-6-16(15)17(20)13-21/h3-6,14,17H,7-13H2,1-2H3,(H,19,22). The SMILES string of the molecule is CC(C)CCNC(=O)N1CCN2CCc3ccccc3C2C1. The molecule has 22 heavy (non-hydrogen) atoms. The van der Waals surface area contributed by atoms with E-state index in [1.54, 1.807) is 0 Å². The first-order chi connectivity index (χ1) is 10.6. The Morgan fingerprint density at radius 3 is 2.91 bits per heavy atom. The van der Waals surface area contributed by atoms with Gasteiger partial charge in [-0.1, -0.05) is 38.1 Å². The maximum Gasteiger partial charge on any atom is 0.317 e. The molecule has 4 nitrogen and oxygen atoms in total. The summed E-state index contributed by atoms with van der Waals surface area (Å²) in [5, 5.41) is 3.07. The minimum atomic E-state index is 0.100. The normalized spacial score (nSPS) is 21.4. The lowest BCUT2D eigenvalue weighted by Crippen LogP contribution is -2.54. The van der Waals surface area contributed by atoms with Gasteiger partial charge in [-0.2, -0.15) is 0 Å². The fourth-order valence-electron chi connectivity index (χ4n) is 3.50. The molecule has 0 radical (unpaired) electrons. The predicted molar refractivity (Wildman–Crippen MR) is 88.9 cm³/mol. The number of nitrogens with one attached hydrogen (secondary N) is 1. The molecular formula is C18H27N3O. The van der Waals surface area contributed by atoms with Gasteiger partial charge in [0.1, 0.15) is 0 Å². The molecule has 2 heterocycles. The Labute approximate surface area is 133 Å². The van der Waals surface area contributed by atoms with Crippen LogP contribution < -0.4 is 5.32 Å². The third-order valence-corrected chi connectivity index (χ3v) is 4.86. The summed E-state index contributed by atoms with van der Waals surface area (Å²) in [4.78, 5) is 16.9. The highest BCUT2D eigenvalue weighted by atomic mass is 16.2. The lowest BCUT2D eigenvalue weighted by Gasteiger charge is -2.44. The Kier molecular flexibility index (Phi) is 4.67. The Bertz CT molecular complexity index is 529. The molecule has 1 aromatic rings. The Hall–Kier alpha value is -1.55. The second-order valence-corrected chi connectivity index (χ2v) is 6.86. The van der Waals surface area contributed by atoms with Gasteiger partial charge in [0.05, 0.1) is 6.04 Å². The van der Waals surface area contributed by atoms with Crippen LogP contribution in [-0.4, -0.2) is 48.6 Å². The van der Waals surface area contributed by atoms with Crippen LogP contribution in [0, 0.1) is 5.92 Å². The van der Waals surface area contributed by atoms with Crippen LogP contribution in [0.15, 0.2) is 24.3 Å². The molecule has 1 N–H and O–H groups in total. The molecule has 1 atom stereocenters. The number of carbonyl (C=O) groups is 1. The highest BCUT2D eigenvalue weighted by Crippen LogP contribution is 2.32. The van der Waals surface area contributed by atoms with Crippen molar-refractivity contribution in [2.75, 3.05) is 32.7 Å². The van der Waals surface area contributed by atoms with E-state index in [2.05, 4.69) is 48.3 Å². The van der Waals surface area contributed by atoms with Crippen molar-refractivity contribution in [3.8, 4) is 0 Å². The summed E-state index contributed by atoms with van der Waals surface area (Å²) < 4.78 is 0. The number of amides is 2. The lowest BCUT2D eigenvalue weighted by molar-refractivity contribution is 0.0827. The molecule has 0 bridgehead atoms. The summed E-state index contributed by atoms with van der Waals surface area (Å²) in [5.41, 5.74) is 2.86. The monoisotopic (exact) mass is 301 g/mol. The molecule has 0 saturated carbocycles. The van der Waals surface area contributed by atoms with Crippen molar-refractivity contribution in [1.29, 1.82) is 0 Å². The molecule has 1 fully saturated rings. The zero-order valence-corrected chi connectivity index (χ0v) is 13.7. The van der Waals surface area contributed by atoms with E-state index in [-0.39, 0.29) is 6.03 Å². The Morgan fingerprint density at radius 1 is 1.27 bits per heavy atom. The first kappa shape index (κ1) is 15.3. The number of nitrogens with zero attached hydrogens (tertiary/aromatic N) is 2. The van der Waals surface area contributed by atoms with Gasteiger partial charge in [-0.15, -0.1) is 0 Å². The number of fused-ring (bicyclic) bond motifs is 3. The minimum absolute atomic E-state index is 0.100. The van der Waals surface area contributed by atoms with E-state index in [1.165, 1.54) is 11.1 Å². The summed E-state index contributed by atoms with van der Waals surface area (Å²) in [5.74, 6) is 0.627. The second kappa shape index (κ2) is 6.69. The van der Waals surface area contributed by atoms with Crippen molar-refractivity contribution < 1.29 is 4.79 Å². The predicted octanol–water partition coefficient (Wildman–Crippen LogP) is 2.66.